The van der Waals surface area contributed by atoms with E-state index in [0.29, 0.717) is 19.5 Å². The molecule has 5 nitrogen and oxygen atoms in total. The molecule has 0 spiro atoms. The van der Waals surface area contributed by atoms with Crippen LogP contribution in [0.15, 0.2) is 0 Å². The van der Waals surface area contributed by atoms with Gasteiger partial charge in [-0.15, -0.1) is 0 Å². The van der Waals surface area contributed by atoms with Gasteiger partial charge in [0.2, 0.25) is 5.91 Å². The number of hydrogen-bond donors (Lipinski definition) is 2. The summed E-state index contributed by atoms with van der Waals surface area (Å²) in [6, 6.07) is 0.0929. The van der Waals surface area contributed by atoms with Crippen molar-refractivity contribution in [3.8, 4) is 0 Å². The van der Waals surface area contributed by atoms with Gasteiger partial charge in [-0.2, -0.15) is 0 Å². The van der Waals surface area contributed by atoms with Crippen molar-refractivity contribution in [1.82, 2.24) is 4.90 Å². The van der Waals surface area contributed by atoms with Crippen LogP contribution in [0.2, 0.25) is 0 Å². The molecule has 104 valence electrons. The summed E-state index contributed by atoms with van der Waals surface area (Å²) in [5.74, 6) is -0.708. The minimum absolute atomic E-state index is 0.0929. The molecule has 0 aliphatic heterocycles. The molecule has 0 aromatic carbocycles. The van der Waals surface area contributed by atoms with E-state index in [4.69, 9.17) is 10.8 Å². The predicted molar refractivity (Wildman–Crippen MR) is 69.1 cm³/mol. The van der Waals surface area contributed by atoms with Crippen LogP contribution in [0.4, 0.5) is 0 Å². The van der Waals surface area contributed by atoms with E-state index in [2.05, 4.69) is 0 Å². The summed E-state index contributed by atoms with van der Waals surface area (Å²) in [6.07, 6.45) is 3.39. The van der Waals surface area contributed by atoms with E-state index >= 15 is 0 Å². The number of rotatable bonds is 7. The maximum Gasteiger partial charge on any atom is 0.303 e. The molecule has 0 radical (unpaired) electrons. The molecule has 0 unspecified atom stereocenters. The third kappa shape index (κ3) is 3.22. The lowest BCUT2D eigenvalue weighted by Crippen LogP contribution is -2.54. The normalized spacial score (nSPS) is 17.3. The molecular formula is C13H24N2O3. The zero-order valence-electron chi connectivity index (χ0n) is 11.3. The lowest BCUT2D eigenvalue weighted by molar-refractivity contribution is -0.149. The molecule has 5 heteroatoms. The Hall–Kier alpha value is -1.10. The molecule has 0 saturated heterocycles. The molecule has 1 aliphatic carbocycles. The van der Waals surface area contributed by atoms with E-state index in [1.165, 1.54) is 0 Å². The topological polar surface area (TPSA) is 83.6 Å². The molecule has 1 amide bonds. The van der Waals surface area contributed by atoms with Gasteiger partial charge < -0.3 is 15.7 Å². The van der Waals surface area contributed by atoms with Crippen LogP contribution in [0.3, 0.4) is 0 Å². The van der Waals surface area contributed by atoms with Crippen LogP contribution in [0.5, 0.6) is 0 Å². The number of carboxylic acids is 1. The molecule has 0 atom stereocenters. The number of amides is 1. The molecule has 18 heavy (non-hydrogen) atoms. The molecular weight excluding hydrogens is 232 g/mol. The number of hydrogen-bond acceptors (Lipinski definition) is 3. The van der Waals surface area contributed by atoms with Gasteiger partial charge in [0, 0.05) is 25.6 Å². The SMILES string of the molecule is CC(C)N(CCCC(=O)O)C(=O)C1(CN)CCC1. The zero-order valence-corrected chi connectivity index (χ0v) is 11.3. The van der Waals surface area contributed by atoms with Crippen molar-refractivity contribution in [2.45, 2.75) is 52.0 Å². The number of aliphatic carboxylic acids is 1. The van der Waals surface area contributed by atoms with Gasteiger partial charge in [0.05, 0.1) is 5.41 Å². The maximum atomic E-state index is 12.5. The lowest BCUT2D eigenvalue weighted by Gasteiger charge is -2.44. The van der Waals surface area contributed by atoms with Crippen LogP contribution in [-0.2, 0) is 9.59 Å². The average molecular weight is 256 g/mol. The maximum absolute atomic E-state index is 12.5. The van der Waals surface area contributed by atoms with Crippen LogP contribution in [0.25, 0.3) is 0 Å². The predicted octanol–water partition coefficient (Wildman–Crippen LogP) is 1.22. The smallest absolute Gasteiger partial charge is 0.303 e. The number of carbonyl (C=O) groups is 2. The van der Waals surface area contributed by atoms with Crippen molar-refractivity contribution in [2.24, 2.45) is 11.1 Å². The Labute approximate surface area is 108 Å². The monoisotopic (exact) mass is 256 g/mol. The molecule has 3 N–H and O–H groups in total. The van der Waals surface area contributed by atoms with E-state index in [1.54, 1.807) is 4.90 Å². The highest BCUT2D eigenvalue weighted by atomic mass is 16.4. The second-order valence-electron chi connectivity index (χ2n) is 5.43. The average Bonchev–Trinajstić information content (AvgIpc) is 2.22. The fourth-order valence-electron chi connectivity index (χ4n) is 2.41. The first-order chi connectivity index (χ1) is 8.43. The van der Waals surface area contributed by atoms with Crippen LogP contribution in [-0.4, -0.2) is 41.0 Å². The van der Waals surface area contributed by atoms with Crippen LogP contribution in [0.1, 0.15) is 46.0 Å². The summed E-state index contributed by atoms with van der Waals surface area (Å²) in [7, 11) is 0. The number of nitrogens with two attached hydrogens (primary N) is 1. The van der Waals surface area contributed by atoms with Gasteiger partial charge in [0.15, 0.2) is 0 Å². The molecule has 0 heterocycles. The molecule has 1 aliphatic rings. The van der Waals surface area contributed by atoms with E-state index in [9.17, 15) is 9.59 Å². The van der Waals surface area contributed by atoms with Crippen molar-refractivity contribution >= 4 is 11.9 Å². The third-order valence-corrected chi connectivity index (χ3v) is 3.83. The number of carboxylic acid groups (broad SMARTS) is 1. The molecule has 1 saturated carbocycles. The second-order valence-corrected chi connectivity index (χ2v) is 5.43. The summed E-state index contributed by atoms with van der Waals surface area (Å²) >= 11 is 0. The highest BCUT2D eigenvalue weighted by Gasteiger charge is 2.45. The lowest BCUT2D eigenvalue weighted by atomic mass is 9.67. The van der Waals surface area contributed by atoms with Gasteiger partial charge >= 0.3 is 5.97 Å². The highest BCUT2D eigenvalue weighted by Crippen LogP contribution is 2.41. The van der Waals surface area contributed by atoms with E-state index in [1.807, 2.05) is 13.8 Å². The summed E-state index contributed by atoms with van der Waals surface area (Å²) in [4.78, 5) is 24.8. The van der Waals surface area contributed by atoms with Crippen molar-refractivity contribution in [3.05, 3.63) is 0 Å². The third-order valence-electron chi connectivity index (χ3n) is 3.83. The van der Waals surface area contributed by atoms with Crippen molar-refractivity contribution < 1.29 is 14.7 Å². The Morgan fingerprint density at radius 3 is 2.33 bits per heavy atom. The quantitative estimate of drug-likeness (QED) is 0.717. The first-order valence-electron chi connectivity index (χ1n) is 6.66. The summed E-state index contributed by atoms with van der Waals surface area (Å²) in [6.45, 7) is 4.82. The van der Waals surface area contributed by atoms with Crippen LogP contribution < -0.4 is 5.73 Å². The minimum atomic E-state index is -0.816. The van der Waals surface area contributed by atoms with E-state index in [0.717, 1.165) is 19.3 Å². The zero-order chi connectivity index (χ0) is 13.8. The number of carbonyl (C=O) groups excluding carboxylic acids is 1. The molecule has 0 bridgehead atoms. The van der Waals surface area contributed by atoms with Crippen molar-refractivity contribution in [3.63, 3.8) is 0 Å². The minimum Gasteiger partial charge on any atom is -0.481 e. The Morgan fingerprint density at radius 2 is 2.00 bits per heavy atom. The van der Waals surface area contributed by atoms with Gasteiger partial charge in [-0.25, -0.2) is 0 Å². The number of nitrogens with zero attached hydrogens (tertiary/aromatic N) is 1. The van der Waals surface area contributed by atoms with E-state index < -0.39 is 5.97 Å². The molecule has 1 fully saturated rings. The molecule has 1 rings (SSSR count). The second kappa shape index (κ2) is 6.18. The Kier molecular flexibility index (Phi) is 5.14. The van der Waals surface area contributed by atoms with Gasteiger partial charge in [-0.05, 0) is 33.1 Å². The molecule has 0 aromatic rings. The fourth-order valence-corrected chi connectivity index (χ4v) is 2.41. The van der Waals surface area contributed by atoms with Crippen LogP contribution >= 0.6 is 0 Å². The van der Waals surface area contributed by atoms with Gasteiger partial charge in [-0.1, -0.05) is 6.42 Å². The summed E-state index contributed by atoms with van der Waals surface area (Å²) in [5.41, 5.74) is 5.38. The van der Waals surface area contributed by atoms with E-state index in [-0.39, 0.29) is 23.8 Å². The van der Waals surface area contributed by atoms with Crippen molar-refractivity contribution in [1.29, 1.82) is 0 Å². The first kappa shape index (κ1) is 15.0. The Balaban J connectivity index is 2.60. The molecule has 0 aromatic heterocycles. The van der Waals surface area contributed by atoms with Crippen molar-refractivity contribution in [2.75, 3.05) is 13.1 Å². The largest absolute Gasteiger partial charge is 0.481 e. The highest BCUT2D eigenvalue weighted by molar-refractivity contribution is 5.84. The first-order valence-corrected chi connectivity index (χ1v) is 6.66. The van der Waals surface area contributed by atoms with Gasteiger partial charge in [0.25, 0.3) is 0 Å². The fraction of sp³-hybridized carbons (Fsp3) is 0.846. The van der Waals surface area contributed by atoms with Gasteiger partial charge in [-0.3, -0.25) is 9.59 Å². The Bertz CT molecular complexity index is 306. The van der Waals surface area contributed by atoms with Crippen LogP contribution in [0, 0.1) is 5.41 Å². The Morgan fingerprint density at radius 1 is 1.39 bits per heavy atom. The summed E-state index contributed by atoms with van der Waals surface area (Å²) < 4.78 is 0. The standard InChI is InChI=1S/C13H24N2O3/c1-10(2)15(8-3-5-11(16)17)12(18)13(9-14)6-4-7-13/h10H,3-9,14H2,1-2H3,(H,16,17). The van der Waals surface area contributed by atoms with Gasteiger partial charge in [0.1, 0.15) is 0 Å². The summed E-state index contributed by atoms with van der Waals surface area (Å²) in [5, 5.41) is 8.64.